The smallest absolute Gasteiger partial charge is 0.152 e. The van der Waals surface area contributed by atoms with Gasteiger partial charge in [-0.05, 0) is 44.0 Å². The van der Waals surface area contributed by atoms with Crippen LogP contribution in [-0.4, -0.2) is 26.0 Å². The van der Waals surface area contributed by atoms with Gasteiger partial charge in [-0.2, -0.15) is 0 Å². The summed E-state index contributed by atoms with van der Waals surface area (Å²) in [6.07, 6.45) is 0. The summed E-state index contributed by atoms with van der Waals surface area (Å²) in [6.45, 7) is 7.61. The van der Waals surface area contributed by atoms with Crippen LogP contribution in [0.15, 0.2) is 16.6 Å². The Labute approximate surface area is 118 Å². The fourth-order valence-corrected chi connectivity index (χ4v) is 3.16. The zero-order valence-electron chi connectivity index (χ0n) is 11.2. The number of halogens is 1. The predicted octanol–water partition coefficient (Wildman–Crippen LogP) is 3.30. The second kappa shape index (κ2) is 6.06. The molecule has 0 saturated heterocycles. The van der Waals surface area contributed by atoms with Gasteiger partial charge in [-0.3, -0.25) is 0 Å². The maximum Gasteiger partial charge on any atom is 0.152 e. The Kier molecular flexibility index (Phi) is 5.22. The summed E-state index contributed by atoms with van der Waals surface area (Å²) in [5, 5.41) is 3.24. The van der Waals surface area contributed by atoms with Gasteiger partial charge in [0.25, 0.3) is 0 Å². The summed E-state index contributed by atoms with van der Waals surface area (Å²) in [4.78, 5) is 0. The van der Waals surface area contributed by atoms with E-state index in [1.165, 1.54) is 0 Å². The molecule has 1 atom stereocenters. The third-order valence-corrected chi connectivity index (χ3v) is 5.93. The number of benzene rings is 1. The van der Waals surface area contributed by atoms with Crippen molar-refractivity contribution in [3.8, 4) is 0 Å². The standard InChI is InChI=1S/C13H20BrNO2S/c1-5-18(16,17)8-11(4)15-12-6-9(2)13(14)10(3)7-12/h6-7,11,15H,5,8H2,1-4H3. The molecule has 0 aliphatic rings. The van der Waals surface area contributed by atoms with Gasteiger partial charge in [-0.15, -0.1) is 0 Å². The molecule has 0 saturated carbocycles. The lowest BCUT2D eigenvalue weighted by molar-refractivity contribution is 0.593. The zero-order chi connectivity index (χ0) is 13.9. The molecule has 3 nitrogen and oxygen atoms in total. The molecule has 0 bridgehead atoms. The Balaban J connectivity index is 2.80. The van der Waals surface area contributed by atoms with Crippen molar-refractivity contribution in [3.05, 3.63) is 27.7 Å². The molecule has 0 spiro atoms. The van der Waals surface area contributed by atoms with E-state index in [0.29, 0.717) is 0 Å². The van der Waals surface area contributed by atoms with E-state index in [9.17, 15) is 8.42 Å². The number of hydrogen-bond acceptors (Lipinski definition) is 3. The molecule has 0 heterocycles. The molecule has 1 aromatic rings. The van der Waals surface area contributed by atoms with Gasteiger partial charge in [0.2, 0.25) is 0 Å². The molecule has 0 radical (unpaired) electrons. The molecular formula is C13H20BrNO2S. The van der Waals surface area contributed by atoms with Crippen molar-refractivity contribution >= 4 is 31.5 Å². The van der Waals surface area contributed by atoms with Crippen LogP contribution >= 0.6 is 15.9 Å². The van der Waals surface area contributed by atoms with Crippen LogP contribution in [0.3, 0.4) is 0 Å². The number of sulfone groups is 1. The predicted molar refractivity (Wildman–Crippen MR) is 81.0 cm³/mol. The van der Waals surface area contributed by atoms with Crippen LogP contribution in [0, 0.1) is 13.8 Å². The summed E-state index contributed by atoms with van der Waals surface area (Å²) < 4.78 is 24.2. The van der Waals surface area contributed by atoms with Crippen LogP contribution in [0.25, 0.3) is 0 Å². The van der Waals surface area contributed by atoms with E-state index in [2.05, 4.69) is 21.2 Å². The Morgan fingerprint density at radius 3 is 2.22 bits per heavy atom. The maximum atomic E-state index is 11.5. The van der Waals surface area contributed by atoms with Crippen molar-refractivity contribution in [1.82, 2.24) is 0 Å². The molecule has 0 fully saturated rings. The van der Waals surface area contributed by atoms with Gasteiger partial charge < -0.3 is 5.32 Å². The molecule has 102 valence electrons. The fourth-order valence-electron chi connectivity index (χ4n) is 1.85. The SMILES string of the molecule is CCS(=O)(=O)CC(C)Nc1cc(C)c(Br)c(C)c1. The van der Waals surface area contributed by atoms with Crippen LogP contribution in [-0.2, 0) is 9.84 Å². The van der Waals surface area contributed by atoms with Crippen LogP contribution < -0.4 is 5.32 Å². The molecule has 1 rings (SSSR count). The molecule has 0 amide bonds. The first-order chi connectivity index (χ1) is 8.25. The summed E-state index contributed by atoms with van der Waals surface area (Å²) in [6, 6.07) is 3.95. The lowest BCUT2D eigenvalue weighted by atomic mass is 10.1. The van der Waals surface area contributed by atoms with E-state index in [1.807, 2.05) is 32.9 Å². The van der Waals surface area contributed by atoms with Crippen LogP contribution in [0.5, 0.6) is 0 Å². The summed E-state index contributed by atoms with van der Waals surface area (Å²) in [7, 11) is -2.94. The van der Waals surface area contributed by atoms with Gasteiger partial charge in [-0.25, -0.2) is 8.42 Å². The van der Waals surface area contributed by atoms with Crippen molar-refractivity contribution in [1.29, 1.82) is 0 Å². The number of hydrogen-bond donors (Lipinski definition) is 1. The van der Waals surface area contributed by atoms with Crippen LogP contribution in [0.1, 0.15) is 25.0 Å². The Bertz CT molecular complexity index is 503. The summed E-state index contributed by atoms with van der Waals surface area (Å²) >= 11 is 3.52. The molecule has 0 aromatic heterocycles. The number of anilines is 1. The third-order valence-electron chi connectivity index (χ3n) is 2.79. The van der Waals surface area contributed by atoms with Crippen molar-refractivity contribution in [2.75, 3.05) is 16.8 Å². The van der Waals surface area contributed by atoms with Crippen molar-refractivity contribution < 1.29 is 8.42 Å². The fraction of sp³-hybridized carbons (Fsp3) is 0.538. The third kappa shape index (κ3) is 4.28. The molecule has 1 N–H and O–H groups in total. The first-order valence-electron chi connectivity index (χ1n) is 5.99. The van der Waals surface area contributed by atoms with Gasteiger partial charge in [0, 0.05) is 22.0 Å². The minimum atomic E-state index is -2.94. The van der Waals surface area contributed by atoms with Gasteiger partial charge in [0.1, 0.15) is 0 Å². The Morgan fingerprint density at radius 1 is 1.28 bits per heavy atom. The van der Waals surface area contributed by atoms with Gasteiger partial charge in [-0.1, -0.05) is 22.9 Å². The largest absolute Gasteiger partial charge is 0.382 e. The molecule has 0 aliphatic carbocycles. The van der Waals surface area contributed by atoms with Crippen LogP contribution in [0.2, 0.25) is 0 Å². The number of rotatable bonds is 5. The monoisotopic (exact) mass is 333 g/mol. The lowest BCUT2D eigenvalue weighted by Crippen LogP contribution is -2.26. The van der Waals surface area contributed by atoms with E-state index < -0.39 is 9.84 Å². The highest BCUT2D eigenvalue weighted by atomic mass is 79.9. The van der Waals surface area contributed by atoms with Gasteiger partial charge >= 0.3 is 0 Å². The highest BCUT2D eigenvalue weighted by Crippen LogP contribution is 2.25. The number of nitrogens with one attached hydrogen (secondary N) is 1. The molecular weight excluding hydrogens is 314 g/mol. The first kappa shape index (κ1) is 15.5. The first-order valence-corrected chi connectivity index (χ1v) is 8.60. The second-order valence-corrected chi connectivity index (χ2v) is 7.86. The summed E-state index contributed by atoms with van der Waals surface area (Å²) in [5.74, 6) is 0.356. The van der Waals surface area contributed by atoms with E-state index in [-0.39, 0.29) is 17.5 Å². The minimum absolute atomic E-state index is 0.0880. The normalized spacial score (nSPS) is 13.4. The number of aryl methyl sites for hydroxylation is 2. The van der Waals surface area contributed by atoms with E-state index in [1.54, 1.807) is 6.92 Å². The molecule has 1 aromatic carbocycles. The minimum Gasteiger partial charge on any atom is -0.382 e. The van der Waals surface area contributed by atoms with Crippen molar-refractivity contribution in [3.63, 3.8) is 0 Å². The highest BCUT2D eigenvalue weighted by molar-refractivity contribution is 9.10. The van der Waals surface area contributed by atoms with E-state index >= 15 is 0 Å². The quantitative estimate of drug-likeness (QED) is 0.899. The highest BCUT2D eigenvalue weighted by Gasteiger charge is 2.14. The summed E-state index contributed by atoms with van der Waals surface area (Å²) in [5.41, 5.74) is 3.25. The van der Waals surface area contributed by atoms with Gasteiger partial charge in [0.05, 0.1) is 5.75 Å². The van der Waals surface area contributed by atoms with E-state index in [4.69, 9.17) is 0 Å². The second-order valence-electron chi connectivity index (χ2n) is 4.67. The van der Waals surface area contributed by atoms with E-state index in [0.717, 1.165) is 21.3 Å². The molecule has 5 heteroatoms. The molecule has 0 aliphatic heterocycles. The lowest BCUT2D eigenvalue weighted by Gasteiger charge is -2.16. The Morgan fingerprint density at radius 2 is 1.78 bits per heavy atom. The topological polar surface area (TPSA) is 46.2 Å². The average molecular weight is 334 g/mol. The molecule has 1 unspecified atom stereocenters. The van der Waals surface area contributed by atoms with Crippen molar-refractivity contribution in [2.45, 2.75) is 33.7 Å². The molecule has 18 heavy (non-hydrogen) atoms. The van der Waals surface area contributed by atoms with Crippen molar-refractivity contribution in [2.24, 2.45) is 0 Å². The van der Waals surface area contributed by atoms with Crippen LogP contribution in [0.4, 0.5) is 5.69 Å². The zero-order valence-corrected chi connectivity index (χ0v) is 13.7. The van der Waals surface area contributed by atoms with Gasteiger partial charge in [0.15, 0.2) is 9.84 Å². The Hall–Kier alpha value is -0.550. The maximum absolute atomic E-state index is 11.5. The average Bonchev–Trinajstić information content (AvgIpc) is 2.25.